The zero-order valence-electron chi connectivity index (χ0n) is 8.42. The van der Waals surface area contributed by atoms with Crippen molar-refractivity contribution in [3.05, 3.63) is 40.9 Å². The zero-order valence-corrected chi connectivity index (χ0v) is 9.24. The van der Waals surface area contributed by atoms with Gasteiger partial charge < -0.3 is 5.32 Å². The summed E-state index contributed by atoms with van der Waals surface area (Å²) in [5.74, 6) is 0. The lowest BCUT2D eigenvalue weighted by atomic mass is 10.2. The van der Waals surface area contributed by atoms with Gasteiger partial charge in [-0.25, -0.2) is 0 Å². The molecule has 0 saturated carbocycles. The van der Waals surface area contributed by atoms with Crippen LogP contribution in [0.5, 0.6) is 0 Å². The minimum Gasteiger partial charge on any atom is -0.304 e. The van der Waals surface area contributed by atoms with Gasteiger partial charge in [0.05, 0.1) is 23.4 Å². The lowest BCUT2D eigenvalue weighted by molar-refractivity contribution is 0.620. The molecule has 78 valence electrons. The van der Waals surface area contributed by atoms with E-state index in [0.717, 1.165) is 17.1 Å². The molecule has 1 unspecified atom stereocenters. The van der Waals surface area contributed by atoms with E-state index < -0.39 is 0 Å². The molecule has 0 bridgehead atoms. The van der Waals surface area contributed by atoms with E-state index in [0.29, 0.717) is 0 Å². The third-order valence-corrected chi connectivity index (χ3v) is 2.86. The number of aromatic nitrogens is 3. The van der Waals surface area contributed by atoms with Crippen LogP contribution in [0.2, 0.25) is 0 Å². The molecule has 5 heteroatoms. The Hall–Kier alpha value is -1.33. The standard InChI is InChI=1S/C10H12N4S/c1-2-13-10(9-6-12-7-15-9)8-5-11-3-4-14-8/h3-7,10,13H,2H2,1H3. The summed E-state index contributed by atoms with van der Waals surface area (Å²) in [4.78, 5) is 13.6. The molecule has 1 N–H and O–H groups in total. The zero-order chi connectivity index (χ0) is 10.5. The first kappa shape index (κ1) is 10.2. The van der Waals surface area contributed by atoms with Crippen molar-refractivity contribution in [1.29, 1.82) is 0 Å². The highest BCUT2D eigenvalue weighted by Crippen LogP contribution is 2.22. The normalized spacial score (nSPS) is 12.6. The van der Waals surface area contributed by atoms with Crippen LogP contribution < -0.4 is 5.32 Å². The third kappa shape index (κ3) is 2.37. The maximum Gasteiger partial charge on any atom is 0.0876 e. The van der Waals surface area contributed by atoms with Crippen LogP contribution in [0.3, 0.4) is 0 Å². The molecule has 15 heavy (non-hydrogen) atoms. The number of nitrogens with one attached hydrogen (secondary N) is 1. The Bertz CT molecular complexity index is 387. The number of rotatable bonds is 4. The van der Waals surface area contributed by atoms with Gasteiger partial charge in [0, 0.05) is 23.5 Å². The summed E-state index contributed by atoms with van der Waals surface area (Å²) >= 11 is 1.62. The van der Waals surface area contributed by atoms with Crippen molar-refractivity contribution in [2.45, 2.75) is 13.0 Å². The van der Waals surface area contributed by atoms with Gasteiger partial charge >= 0.3 is 0 Å². The van der Waals surface area contributed by atoms with Gasteiger partial charge in [0.25, 0.3) is 0 Å². The third-order valence-electron chi connectivity index (χ3n) is 2.02. The van der Waals surface area contributed by atoms with E-state index >= 15 is 0 Å². The van der Waals surface area contributed by atoms with Crippen LogP contribution in [0.1, 0.15) is 23.5 Å². The summed E-state index contributed by atoms with van der Waals surface area (Å²) in [5, 5.41) is 3.37. The van der Waals surface area contributed by atoms with Gasteiger partial charge in [-0.05, 0) is 6.54 Å². The van der Waals surface area contributed by atoms with Crippen LogP contribution in [0.25, 0.3) is 0 Å². The van der Waals surface area contributed by atoms with Gasteiger partial charge in [-0.15, -0.1) is 11.3 Å². The summed E-state index contributed by atoms with van der Waals surface area (Å²) in [6, 6.07) is 0.108. The number of hydrogen-bond donors (Lipinski definition) is 1. The first-order chi connectivity index (χ1) is 7.42. The van der Waals surface area contributed by atoms with Crippen molar-refractivity contribution >= 4 is 11.3 Å². The molecule has 2 aromatic rings. The Morgan fingerprint density at radius 1 is 1.33 bits per heavy atom. The molecule has 0 aliphatic rings. The van der Waals surface area contributed by atoms with Crippen LogP contribution in [0.4, 0.5) is 0 Å². The van der Waals surface area contributed by atoms with Crippen molar-refractivity contribution in [2.75, 3.05) is 6.54 Å². The fourth-order valence-corrected chi connectivity index (χ4v) is 2.09. The second-order valence-corrected chi connectivity index (χ2v) is 3.94. The van der Waals surface area contributed by atoms with Crippen LogP contribution in [0, 0.1) is 0 Å². The predicted molar refractivity (Wildman–Crippen MR) is 59.7 cm³/mol. The second-order valence-electron chi connectivity index (χ2n) is 3.02. The van der Waals surface area contributed by atoms with E-state index in [9.17, 15) is 0 Å². The Balaban J connectivity index is 2.28. The first-order valence-electron chi connectivity index (χ1n) is 4.79. The summed E-state index contributed by atoms with van der Waals surface area (Å²) in [6.45, 7) is 2.96. The molecule has 2 aromatic heterocycles. The molecule has 0 aliphatic heterocycles. The van der Waals surface area contributed by atoms with Crippen molar-refractivity contribution in [2.24, 2.45) is 0 Å². The highest BCUT2D eigenvalue weighted by atomic mass is 32.1. The van der Waals surface area contributed by atoms with Gasteiger partial charge in [0.15, 0.2) is 0 Å². The van der Waals surface area contributed by atoms with Crippen LogP contribution in [-0.4, -0.2) is 21.5 Å². The average molecular weight is 220 g/mol. The monoisotopic (exact) mass is 220 g/mol. The van der Waals surface area contributed by atoms with E-state index in [4.69, 9.17) is 0 Å². The Labute approximate surface area is 92.4 Å². The number of hydrogen-bond acceptors (Lipinski definition) is 5. The molecule has 0 radical (unpaired) electrons. The molecule has 2 heterocycles. The van der Waals surface area contributed by atoms with Crippen LogP contribution in [-0.2, 0) is 0 Å². The van der Waals surface area contributed by atoms with Crippen molar-refractivity contribution in [3.8, 4) is 0 Å². The van der Waals surface area contributed by atoms with E-state index in [2.05, 4.69) is 27.2 Å². The van der Waals surface area contributed by atoms with E-state index in [1.807, 2.05) is 11.7 Å². The fraction of sp³-hybridized carbons (Fsp3) is 0.300. The SMILES string of the molecule is CCNC(c1cnccn1)c1cncs1. The van der Waals surface area contributed by atoms with Gasteiger partial charge in [-0.3, -0.25) is 15.0 Å². The van der Waals surface area contributed by atoms with Crippen LogP contribution >= 0.6 is 11.3 Å². The summed E-state index contributed by atoms with van der Waals surface area (Å²) < 4.78 is 0. The molecule has 0 fully saturated rings. The topological polar surface area (TPSA) is 50.7 Å². The minimum atomic E-state index is 0.108. The molecule has 4 nitrogen and oxygen atoms in total. The average Bonchev–Trinajstić information content (AvgIpc) is 2.80. The van der Waals surface area contributed by atoms with E-state index in [1.165, 1.54) is 0 Å². The molecule has 0 spiro atoms. The highest BCUT2D eigenvalue weighted by Gasteiger charge is 2.15. The molecule has 0 aliphatic carbocycles. The fourth-order valence-electron chi connectivity index (χ4n) is 1.38. The Morgan fingerprint density at radius 2 is 2.27 bits per heavy atom. The number of thiazole rings is 1. The lowest BCUT2D eigenvalue weighted by Crippen LogP contribution is -2.22. The van der Waals surface area contributed by atoms with Gasteiger partial charge in [-0.1, -0.05) is 6.92 Å². The minimum absolute atomic E-state index is 0.108. The van der Waals surface area contributed by atoms with Crippen molar-refractivity contribution in [1.82, 2.24) is 20.3 Å². The van der Waals surface area contributed by atoms with Gasteiger partial charge in [0.1, 0.15) is 0 Å². The van der Waals surface area contributed by atoms with E-state index in [-0.39, 0.29) is 6.04 Å². The van der Waals surface area contributed by atoms with Crippen molar-refractivity contribution in [3.63, 3.8) is 0 Å². The molecular formula is C10H12N4S. The largest absolute Gasteiger partial charge is 0.304 e. The molecule has 0 saturated heterocycles. The Kier molecular flexibility index (Phi) is 3.37. The first-order valence-corrected chi connectivity index (χ1v) is 5.67. The predicted octanol–water partition coefficient (Wildman–Crippen LogP) is 1.63. The summed E-state index contributed by atoms with van der Waals surface area (Å²) in [5.41, 5.74) is 2.76. The van der Waals surface area contributed by atoms with Gasteiger partial charge in [0.2, 0.25) is 0 Å². The molecular weight excluding hydrogens is 208 g/mol. The molecule has 0 aromatic carbocycles. The second kappa shape index (κ2) is 4.95. The summed E-state index contributed by atoms with van der Waals surface area (Å²) in [6.07, 6.45) is 7.04. The quantitative estimate of drug-likeness (QED) is 0.851. The van der Waals surface area contributed by atoms with E-state index in [1.54, 1.807) is 29.9 Å². The van der Waals surface area contributed by atoms with Crippen molar-refractivity contribution < 1.29 is 0 Å². The maximum absolute atomic E-state index is 4.31. The lowest BCUT2D eigenvalue weighted by Gasteiger charge is -2.14. The molecule has 1 atom stereocenters. The summed E-state index contributed by atoms with van der Waals surface area (Å²) in [7, 11) is 0. The molecule has 2 rings (SSSR count). The maximum atomic E-state index is 4.31. The highest BCUT2D eigenvalue weighted by molar-refractivity contribution is 7.09. The van der Waals surface area contributed by atoms with Crippen LogP contribution in [0.15, 0.2) is 30.3 Å². The Morgan fingerprint density at radius 3 is 2.87 bits per heavy atom. The van der Waals surface area contributed by atoms with Gasteiger partial charge in [-0.2, -0.15) is 0 Å². The smallest absolute Gasteiger partial charge is 0.0876 e. The number of nitrogens with zero attached hydrogens (tertiary/aromatic N) is 3. The molecule has 0 amide bonds.